The maximum absolute atomic E-state index is 15.4. The van der Waals surface area contributed by atoms with Gasteiger partial charge < -0.3 is 34.7 Å². The second-order valence-electron chi connectivity index (χ2n) is 13.1. The Morgan fingerprint density at radius 2 is 1.70 bits per heavy atom. The number of halogens is 1. The number of hydrogen-bond donors (Lipinski definition) is 3. The van der Waals surface area contributed by atoms with E-state index < -0.39 is 50.6 Å². The van der Waals surface area contributed by atoms with Crippen molar-refractivity contribution in [3.05, 3.63) is 64.5 Å². The van der Waals surface area contributed by atoms with Crippen LogP contribution in [0.3, 0.4) is 0 Å². The second kappa shape index (κ2) is 11.9. The molecule has 1 fully saturated rings. The average Bonchev–Trinajstić information content (AvgIpc) is 3.30. The fourth-order valence-corrected chi connectivity index (χ4v) is 6.10. The molecule has 0 bridgehead atoms. The van der Waals surface area contributed by atoms with Gasteiger partial charge in [0.2, 0.25) is 5.91 Å². The number of carbonyl (C=O) groups excluding carboxylic acids is 3. The van der Waals surface area contributed by atoms with E-state index in [0.717, 1.165) is 11.0 Å². The number of likely N-dealkylation sites (N-methyl/N-ethyl adjacent to an activating group) is 1. The predicted octanol–water partition coefficient (Wildman–Crippen LogP) is 0.0609. The lowest BCUT2D eigenvalue weighted by molar-refractivity contribution is -0.321. The molecule has 2 amide bonds. The number of aldehydes is 1. The molecule has 232 valence electrons. The number of aliphatic hydroxyl groups is 2. The van der Waals surface area contributed by atoms with E-state index in [0.29, 0.717) is 0 Å². The Hall–Kier alpha value is -3.06. The van der Waals surface area contributed by atoms with E-state index >= 15 is 4.39 Å². The molecule has 0 aromatic heterocycles. The van der Waals surface area contributed by atoms with Crippen molar-refractivity contribution >= 4 is 57.3 Å². The van der Waals surface area contributed by atoms with Crippen LogP contribution in [0.1, 0.15) is 54.7 Å². The lowest BCUT2D eigenvalue weighted by Gasteiger charge is -2.56. The first-order valence-corrected chi connectivity index (χ1v) is 14.4. The maximum Gasteiger partial charge on any atom is 0.254 e. The van der Waals surface area contributed by atoms with Gasteiger partial charge in [0.05, 0.1) is 54.6 Å². The fraction of sp³-hybridized carbons (Fsp3) is 0.500. The zero-order chi connectivity index (χ0) is 34.7. The predicted molar refractivity (Wildman–Crippen MR) is 171 cm³/mol. The smallest absolute Gasteiger partial charge is 0.254 e. The Morgan fingerprint density at radius 1 is 1.09 bits per heavy atom. The quantitative estimate of drug-likeness (QED) is 0.193. The molecule has 0 spiro atoms. The van der Waals surface area contributed by atoms with Crippen LogP contribution in [-0.2, 0) is 33.4 Å². The summed E-state index contributed by atoms with van der Waals surface area (Å²) in [4.78, 5) is 40.6. The first-order valence-electron chi connectivity index (χ1n) is 14.4. The SMILES string of the molecule is [B]C([B])(C=O)C([B])([B])C([B])(C(=O)NC)N1Cc2c(OCc3ccc(C(O)(O)N4CC(C)(C)OC(C)(C)C4)cc3F)cccc2C1=O. The first kappa shape index (κ1) is 35.8. The average molecular weight is 621 g/mol. The van der Waals surface area contributed by atoms with Crippen molar-refractivity contribution in [1.82, 2.24) is 15.1 Å². The monoisotopic (exact) mass is 621 g/mol. The van der Waals surface area contributed by atoms with E-state index in [1.54, 1.807) is 0 Å². The van der Waals surface area contributed by atoms with Crippen molar-refractivity contribution in [2.75, 3.05) is 20.1 Å². The summed E-state index contributed by atoms with van der Waals surface area (Å²) >= 11 is 0. The normalized spacial score (nSPS) is 19.7. The molecule has 16 heteroatoms. The minimum atomic E-state index is -2.66. The van der Waals surface area contributed by atoms with Gasteiger partial charge in [0.25, 0.3) is 11.8 Å². The largest absolute Gasteiger partial charge is 0.488 e. The van der Waals surface area contributed by atoms with Crippen LogP contribution < -0.4 is 10.1 Å². The number of nitrogens with one attached hydrogen (secondary N) is 1. The van der Waals surface area contributed by atoms with Gasteiger partial charge in [-0.25, -0.2) is 9.29 Å². The molecule has 4 rings (SSSR count). The molecule has 10 radical (unpaired) electrons. The number of ether oxygens (including phenoxy) is 2. The number of benzene rings is 2. The molecule has 3 N–H and O–H groups in total. The van der Waals surface area contributed by atoms with E-state index in [-0.39, 0.29) is 60.5 Å². The number of morpholine rings is 1. The molecule has 1 saturated heterocycles. The Labute approximate surface area is 274 Å². The number of fused-ring (bicyclic) bond motifs is 1. The summed E-state index contributed by atoms with van der Waals surface area (Å²) in [6.07, 6.45) is 0.0275. The molecule has 0 saturated carbocycles. The van der Waals surface area contributed by atoms with Gasteiger partial charge in [-0.3, -0.25) is 9.59 Å². The summed E-state index contributed by atoms with van der Waals surface area (Å²) in [5, 5.41) is 19.3. The summed E-state index contributed by atoms with van der Waals surface area (Å²) in [5.74, 6) is -4.93. The highest BCUT2D eigenvalue weighted by Gasteiger charge is 2.58. The summed E-state index contributed by atoms with van der Waals surface area (Å²) in [5.41, 5.74) is -3.66. The van der Waals surface area contributed by atoms with Crippen molar-refractivity contribution in [2.45, 2.75) is 73.8 Å². The van der Waals surface area contributed by atoms with Gasteiger partial charge in [-0.15, -0.1) is 0 Å². The van der Waals surface area contributed by atoms with Crippen molar-refractivity contribution in [2.24, 2.45) is 0 Å². The van der Waals surface area contributed by atoms with Crippen LogP contribution in [0.25, 0.3) is 0 Å². The Balaban J connectivity index is 1.59. The first-order chi connectivity index (χ1) is 21.0. The molecular weight excluding hydrogens is 587 g/mol. The van der Waals surface area contributed by atoms with Crippen molar-refractivity contribution < 1.29 is 38.5 Å². The van der Waals surface area contributed by atoms with E-state index in [9.17, 15) is 24.6 Å². The third-order valence-electron chi connectivity index (χ3n) is 8.43. The van der Waals surface area contributed by atoms with Gasteiger partial charge in [0, 0.05) is 42.4 Å². The maximum atomic E-state index is 15.4. The van der Waals surface area contributed by atoms with Crippen molar-refractivity contribution in [3.63, 3.8) is 0 Å². The highest BCUT2D eigenvalue weighted by molar-refractivity contribution is 6.63. The minimum Gasteiger partial charge on any atom is -0.488 e. The number of nitrogens with zero attached hydrogens (tertiary/aromatic N) is 2. The Morgan fingerprint density at radius 3 is 2.24 bits per heavy atom. The summed E-state index contributed by atoms with van der Waals surface area (Å²) < 4.78 is 27.3. The molecule has 2 aromatic rings. The van der Waals surface area contributed by atoms with Crippen LogP contribution in [-0.4, -0.2) is 114 Å². The van der Waals surface area contributed by atoms with Crippen LogP contribution in [0.4, 0.5) is 4.39 Å². The zero-order valence-electron chi connectivity index (χ0n) is 26.5. The number of amides is 2. The summed E-state index contributed by atoms with van der Waals surface area (Å²) in [6.45, 7) is 6.99. The molecule has 10 nitrogen and oxygen atoms in total. The standard InChI is InChI=1S/C30H33B5FN3O7/c1-25(2)14-38(15-26(3,4)46-25)29(43,44)18-10-9-17(21(36)11-18)13-45-22-8-6-7-19-20(22)12-39(23(19)41)28(33,24(42)37-5)30(34,35)27(31,32)16-40/h6-11,16,43-44H,12-15H2,1-5H3,(H,37,42). The van der Waals surface area contributed by atoms with Crippen LogP contribution in [0, 0.1) is 5.82 Å². The van der Waals surface area contributed by atoms with Gasteiger partial charge in [0.15, 0.2) is 0 Å². The van der Waals surface area contributed by atoms with Gasteiger partial charge in [0.1, 0.15) is 32.3 Å². The van der Waals surface area contributed by atoms with E-state index in [1.807, 2.05) is 27.7 Å². The van der Waals surface area contributed by atoms with Gasteiger partial charge >= 0.3 is 0 Å². The molecule has 2 aliphatic rings. The lowest BCUT2D eigenvalue weighted by atomic mass is 9.23. The fourth-order valence-electron chi connectivity index (χ4n) is 6.10. The van der Waals surface area contributed by atoms with E-state index in [2.05, 4.69) is 5.32 Å². The van der Waals surface area contributed by atoms with E-state index in [1.165, 1.54) is 42.3 Å². The van der Waals surface area contributed by atoms with Crippen molar-refractivity contribution in [1.29, 1.82) is 0 Å². The molecule has 2 aliphatic heterocycles. The van der Waals surface area contributed by atoms with Crippen LogP contribution >= 0.6 is 0 Å². The second-order valence-corrected chi connectivity index (χ2v) is 13.1. The van der Waals surface area contributed by atoms with Gasteiger partial charge in [-0.1, -0.05) is 28.6 Å². The highest BCUT2D eigenvalue weighted by atomic mass is 19.1. The molecule has 0 aliphatic carbocycles. The van der Waals surface area contributed by atoms with Gasteiger partial charge in [-0.2, -0.15) is 0 Å². The summed E-state index contributed by atoms with van der Waals surface area (Å²) in [6, 6.07) is 8.23. The van der Waals surface area contributed by atoms with E-state index in [4.69, 9.17) is 48.7 Å². The highest BCUT2D eigenvalue weighted by Crippen LogP contribution is 2.52. The van der Waals surface area contributed by atoms with Crippen molar-refractivity contribution in [3.8, 4) is 5.75 Å². The lowest BCUT2D eigenvalue weighted by Crippen LogP contribution is -2.69. The molecule has 1 atom stereocenters. The summed E-state index contributed by atoms with van der Waals surface area (Å²) in [7, 11) is 31.5. The third kappa shape index (κ3) is 6.05. The number of carbonyl (C=O) groups is 3. The Bertz CT molecular complexity index is 1540. The van der Waals surface area contributed by atoms with Gasteiger partial charge in [-0.05, 0) is 45.9 Å². The van der Waals surface area contributed by atoms with Crippen LogP contribution in [0.15, 0.2) is 36.4 Å². The molecular formula is C30H33B5FN3O7. The number of hydrogen-bond acceptors (Lipinski definition) is 8. The molecule has 46 heavy (non-hydrogen) atoms. The molecule has 1 unspecified atom stereocenters. The minimum absolute atomic E-state index is 0.0275. The molecule has 2 aromatic carbocycles. The number of rotatable bonds is 10. The van der Waals surface area contributed by atoms with Crippen LogP contribution in [0.5, 0.6) is 5.75 Å². The third-order valence-corrected chi connectivity index (χ3v) is 8.43. The topological polar surface area (TPSA) is 129 Å². The van der Waals surface area contributed by atoms with Crippen LogP contribution in [0.2, 0.25) is 10.4 Å². The molecule has 2 heterocycles. The zero-order valence-corrected chi connectivity index (χ0v) is 26.5. The Kier molecular flexibility index (Phi) is 9.24.